The molecule has 0 bridgehead atoms. The monoisotopic (exact) mass is 598 g/mol. The van der Waals surface area contributed by atoms with Gasteiger partial charge in [-0.15, -0.1) is 0 Å². The van der Waals surface area contributed by atoms with E-state index in [1.807, 2.05) is 28.7 Å². The van der Waals surface area contributed by atoms with Gasteiger partial charge >= 0.3 is 6.03 Å². The SMILES string of the molecule is COc1ccc([C@H]2NC(=O)N([C@@H](Cc3ccc(C#N)cc3)C(=O)Nc3ccc(I)cc3F)C2=O)cc1. The van der Waals surface area contributed by atoms with Gasteiger partial charge in [0.05, 0.1) is 24.4 Å². The maximum absolute atomic E-state index is 14.4. The molecule has 0 aliphatic carbocycles. The summed E-state index contributed by atoms with van der Waals surface area (Å²) in [5.41, 5.74) is 1.50. The molecule has 2 atom stereocenters. The summed E-state index contributed by atoms with van der Waals surface area (Å²) in [6.45, 7) is 0. The highest BCUT2D eigenvalue weighted by Crippen LogP contribution is 2.27. The van der Waals surface area contributed by atoms with Gasteiger partial charge in [0.1, 0.15) is 23.7 Å². The van der Waals surface area contributed by atoms with Gasteiger partial charge in [-0.2, -0.15) is 5.26 Å². The number of imide groups is 1. The number of nitrogens with one attached hydrogen (secondary N) is 2. The highest BCUT2D eigenvalue weighted by atomic mass is 127. The highest BCUT2D eigenvalue weighted by Gasteiger charge is 2.45. The minimum absolute atomic E-state index is 0.0297. The Labute approximate surface area is 220 Å². The van der Waals surface area contributed by atoms with Crippen molar-refractivity contribution in [1.29, 1.82) is 5.26 Å². The number of anilines is 1. The number of amides is 4. The zero-order chi connectivity index (χ0) is 25.8. The van der Waals surface area contributed by atoms with Gasteiger partial charge in [-0.1, -0.05) is 24.3 Å². The van der Waals surface area contributed by atoms with Crippen LogP contribution in [0.15, 0.2) is 66.7 Å². The van der Waals surface area contributed by atoms with Crippen LogP contribution in [0.3, 0.4) is 0 Å². The molecule has 0 aromatic heterocycles. The van der Waals surface area contributed by atoms with Gasteiger partial charge in [0, 0.05) is 9.99 Å². The van der Waals surface area contributed by atoms with E-state index in [1.165, 1.54) is 19.2 Å². The smallest absolute Gasteiger partial charge is 0.325 e. The number of nitriles is 1. The van der Waals surface area contributed by atoms with E-state index in [0.29, 0.717) is 26.0 Å². The molecule has 3 aromatic carbocycles. The lowest BCUT2D eigenvalue weighted by Gasteiger charge is -2.25. The van der Waals surface area contributed by atoms with Crippen molar-refractivity contribution in [3.05, 3.63) is 92.8 Å². The standard InChI is InChI=1S/C26H20FIN4O4/c1-36-19-9-6-17(7-10-19)23-25(34)32(26(35)31-23)22(12-15-2-4-16(14-29)5-3-15)24(33)30-21-11-8-18(28)13-20(21)27/h2-11,13,22-23H,12H2,1H3,(H,30,33)(H,31,35)/t22-,23+/m0/s1. The topological polar surface area (TPSA) is 112 Å². The molecule has 1 aliphatic rings. The first-order chi connectivity index (χ1) is 17.3. The molecule has 10 heteroatoms. The van der Waals surface area contributed by atoms with Gasteiger partial charge in [0.2, 0.25) is 5.91 Å². The molecule has 2 N–H and O–H groups in total. The van der Waals surface area contributed by atoms with Gasteiger partial charge in [-0.05, 0) is 76.2 Å². The quantitative estimate of drug-likeness (QED) is 0.314. The molecule has 1 heterocycles. The van der Waals surface area contributed by atoms with Crippen molar-refractivity contribution in [3.63, 3.8) is 0 Å². The second-order valence-electron chi connectivity index (χ2n) is 8.01. The number of hydrogen-bond acceptors (Lipinski definition) is 5. The van der Waals surface area contributed by atoms with Crippen LogP contribution in [0.4, 0.5) is 14.9 Å². The Bertz CT molecular complexity index is 1360. The molecule has 8 nitrogen and oxygen atoms in total. The van der Waals surface area contributed by atoms with E-state index >= 15 is 0 Å². The second-order valence-corrected chi connectivity index (χ2v) is 9.25. The summed E-state index contributed by atoms with van der Waals surface area (Å²) >= 11 is 1.95. The predicted octanol–water partition coefficient (Wildman–Crippen LogP) is 4.15. The summed E-state index contributed by atoms with van der Waals surface area (Å²) in [4.78, 5) is 40.6. The number of carbonyl (C=O) groups excluding carboxylic acids is 3. The third-order valence-corrected chi connectivity index (χ3v) is 6.41. The van der Waals surface area contributed by atoms with E-state index in [2.05, 4.69) is 10.6 Å². The largest absolute Gasteiger partial charge is 0.497 e. The fourth-order valence-electron chi connectivity index (χ4n) is 3.86. The van der Waals surface area contributed by atoms with Crippen LogP contribution < -0.4 is 15.4 Å². The molecule has 4 amide bonds. The van der Waals surface area contributed by atoms with Crippen molar-refractivity contribution in [2.45, 2.75) is 18.5 Å². The van der Waals surface area contributed by atoms with E-state index in [9.17, 15) is 18.8 Å². The fourth-order valence-corrected chi connectivity index (χ4v) is 4.31. The van der Waals surface area contributed by atoms with E-state index < -0.39 is 35.7 Å². The molecule has 0 saturated carbocycles. The lowest BCUT2D eigenvalue weighted by Crippen LogP contribution is -2.49. The van der Waals surface area contributed by atoms with Crippen LogP contribution in [-0.4, -0.2) is 35.9 Å². The zero-order valence-corrected chi connectivity index (χ0v) is 21.2. The number of benzene rings is 3. The Morgan fingerprint density at radius 3 is 2.47 bits per heavy atom. The minimum atomic E-state index is -1.27. The van der Waals surface area contributed by atoms with Crippen molar-refractivity contribution < 1.29 is 23.5 Å². The van der Waals surface area contributed by atoms with Crippen LogP contribution in [0.5, 0.6) is 5.75 Å². The number of halogens is 2. The van der Waals surface area contributed by atoms with Crippen molar-refractivity contribution in [1.82, 2.24) is 10.2 Å². The maximum atomic E-state index is 14.4. The molecule has 1 fully saturated rings. The average Bonchev–Trinajstić information content (AvgIpc) is 3.18. The number of carbonyl (C=O) groups is 3. The Kier molecular flexibility index (Phi) is 7.49. The summed E-state index contributed by atoms with van der Waals surface area (Å²) in [5.74, 6) is -1.38. The molecule has 182 valence electrons. The van der Waals surface area contributed by atoms with E-state index in [4.69, 9.17) is 10.00 Å². The van der Waals surface area contributed by atoms with Crippen LogP contribution in [-0.2, 0) is 16.0 Å². The predicted molar refractivity (Wildman–Crippen MR) is 138 cm³/mol. The van der Waals surface area contributed by atoms with Gasteiger partial charge in [0.25, 0.3) is 5.91 Å². The first-order valence-corrected chi connectivity index (χ1v) is 11.9. The molecule has 1 saturated heterocycles. The molecule has 1 aliphatic heterocycles. The molecule has 0 radical (unpaired) electrons. The third-order valence-electron chi connectivity index (χ3n) is 5.74. The molecule has 4 rings (SSSR count). The summed E-state index contributed by atoms with van der Waals surface area (Å²) in [5, 5.41) is 14.2. The van der Waals surface area contributed by atoms with Crippen LogP contribution in [0, 0.1) is 20.7 Å². The van der Waals surface area contributed by atoms with E-state index in [-0.39, 0.29) is 12.1 Å². The summed E-state index contributed by atoms with van der Waals surface area (Å²) < 4.78 is 20.2. The summed E-state index contributed by atoms with van der Waals surface area (Å²) in [6.07, 6.45) is -0.0297. The van der Waals surface area contributed by atoms with Crippen LogP contribution in [0.1, 0.15) is 22.7 Å². The Hall–Kier alpha value is -3.98. The summed E-state index contributed by atoms with van der Waals surface area (Å²) in [6, 6.07) is 16.4. The van der Waals surface area contributed by atoms with Gasteiger partial charge < -0.3 is 15.4 Å². The third kappa shape index (κ3) is 5.31. The number of nitrogens with zero attached hydrogens (tertiary/aromatic N) is 2. The normalized spacial score (nSPS) is 15.7. The number of rotatable bonds is 7. The van der Waals surface area contributed by atoms with E-state index in [1.54, 1.807) is 54.6 Å². The van der Waals surface area contributed by atoms with Gasteiger partial charge in [0.15, 0.2) is 0 Å². The molecule has 36 heavy (non-hydrogen) atoms. The Morgan fingerprint density at radius 2 is 1.86 bits per heavy atom. The van der Waals surface area contributed by atoms with Gasteiger partial charge in [-0.25, -0.2) is 14.1 Å². The number of methoxy groups -OCH3 is 1. The van der Waals surface area contributed by atoms with Crippen molar-refractivity contribution in [3.8, 4) is 11.8 Å². The minimum Gasteiger partial charge on any atom is -0.497 e. The number of ether oxygens (including phenoxy) is 1. The second kappa shape index (κ2) is 10.7. The van der Waals surface area contributed by atoms with Crippen molar-refractivity contribution in [2.24, 2.45) is 0 Å². The molecule has 0 spiro atoms. The fraction of sp³-hybridized carbons (Fsp3) is 0.154. The number of hydrogen-bond donors (Lipinski definition) is 2. The first kappa shape index (κ1) is 25.1. The van der Waals surface area contributed by atoms with E-state index in [0.717, 1.165) is 4.90 Å². The molecular weight excluding hydrogens is 578 g/mol. The Morgan fingerprint density at radius 1 is 1.17 bits per heavy atom. The van der Waals surface area contributed by atoms with Crippen LogP contribution in [0.25, 0.3) is 0 Å². The highest BCUT2D eigenvalue weighted by molar-refractivity contribution is 14.1. The van der Waals surface area contributed by atoms with Crippen LogP contribution in [0.2, 0.25) is 0 Å². The summed E-state index contributed by atoms with van der Waals surface area (Å²) in [7, 11) is 1.52. The first-order valence-electron chi connectivity index (χ1n) is 10.8. The van der Waals surface area contributed by atoms with Crippen LogP contribution >= 0.6 is 22.6 Å². The molecular formula is C26H20FIN4O4. The Balaban J connectivity index is 1.65. The van der Waals surface area contributed by atoms with Crippen molar-refractivity contribution in [2.75, 3.05) is 12.4 Å². The molecule has 3 aromatic rings. The average molecular weight is 598 g/mol. The maximum Gasteiger partial charge on any atom is 0.325 e. The van der Waals surface area contributed by atoms with Crippen molar-refractivity contribution >= 4 is 46.1 Å². The van der Waals surface area contributed by atoms with Gasteiger partial charge in [-0.3, -0.25) is 9.59 Å². The lowest BCUT2D eigenvalue weighted by molar-refractivity contribution is -0.134. The number of urea groups is 1. The zero-order valence-electron chi connectivity index (χ0n) is 19.0. The lowest BCUT2D eigenvalue weighted by atomic mass is 10.0. The molecule has 0 unspecified atom stereocenters.